The van der Waals surface area contributed by atoms with Crippen LogP contribution in [0.3, 0.4) is 0 Å². The molecular weight excluding hydrogens is 358 g/mol. The highest BCUT2D eigenvalue weighted by atomic mass is 16.5. The molecule has 0 heterocycles. The summed E-state index contributed by atoms with van der Waals surface area (Å²) >= 11 is 0. The Labute approximate surface area is 177 Å². The van der Waals surface area contributed by atoms with Crippen LogP contribution in [0.15, 0.2) is 43.5 Å². The Kier molecular flexibility index (Phi) is 12.0. The van der Waals surface area contributed by atoms with Gasteiger partial charge in [-0.15, -0.1) is 13.2 Å². The molecule has 1 rings (SSSR count). The van der Waals surface area contributed by atoms with E-state index < -0.39 is 0 Å². The van der Waals surface area contributed by atoms with E-state index in [9.17, 15) is 5.26 Å². The third kappa shape index (κ3) is 10.3. The number of nitrogens with one attached hydrogen (secondary N) is 1. The molecule has 0 aromatic heterocycles. The lowest BCUT2D eigenvalue weighted by Crippen LogP contribution is -2.41. The van der Waals surface area contributed by atoms with Crippen molar-refractivity contribution in [2.45, 2.75) is 64.3 Å². The van der Waals surface area contributed by atoms with E-state index in [1.54, 1.807) is 0 Å². The summed E-state index contributed by atoms with van der Waals surface area (Å²) < 4.78 is 5.89. The number of hydrogen-bond donors (Lipinski definition) is 2. The van der Waals surface area contributed by atoms with Gasteiger partial charge in [-0.3, -0.25) is 0 Å². The van der Waals surface area contributed by atoms with Crippen LogP contribution < -0.4 is 15.8 Å². The molecule has 0 fully saturated rings. The largest absolute Gasteiger partial charge is 0.492 e. The highest BCUT2D eigenvalue weighted by Gasteiger charge is 2.22. The van der Waals surface area contributed by atoms with Crippen molar-refractivity contribution < 1.29 is 4.74 Å². The van der Waals surface area contributed by atoms with Crippen LogP contribution in [0.5, 0.6) is 5.75 Å². The van der Waals surface area contributed by atoms with Gasteiger partial charge in [0.25, 0.3) is 0 Å². The molecule has 1 aromatic rings. The fraction of sp³-hybridized carbons (Fsp3) is 0.560. The Morgan fingerprint density at radius 2 is 1.93 bits per heavy atom. The minimum atomic E-state index is 0.0753. The van der Waals surface area contributed by atoms with E-state index in [2.05, 4.69) is 38.4 Å². The van der Waals surface area contributed by atoms with E-state index in [0.717, 1.165) is 44.2 Å². The summed E-state index contributed by atoms with van der Waals surface area (Å²) in [6.45, 7) is 14.3. The molecule has 0 saturated heterocycles. The van der Waals surface area contributed by atoms with Crippen LogP contribution in [0.2, 0.25) is 0 Å². The molecule has 0 aliphatic carbocycles. The summed E-state index contributed by atoms with van der Waals surface area (Å²) in [5, 5.41) is 13.0. The molecule has 4 heteroatoms. The lowest BCUT2D eigenvalue weighted by atomic mass is 9.84. The molecule has 0 unspecified atom stereocenters. The predicted octanol–water partition coefficient (Wildman–Crippen LogP) is 5.14. The SMILES string of the molecule is C=CCCC(CCC=C)CC(C)(C)NCCCOc1cc(CCN)ccc1C#N. The zero-order valence-corrected chi connectivity index (χ0v) is 18.4. The van der Waals surface area contributed by atoms with Gasteiger partial charge in [-0.1, -0.05) is 18.2 Å². The molecule has 0 aliphatic heterocycles. The second-order valence-electron chi connectivity index (χ2n) is 8.30. The van der Waals surface area contributed by atoms with Gasteiger partial charge in [-0.2, -0.15) is 5.26 Å². The molecule has 0 amide bonds. The van der Waals surface area contributed by atoms with Crippen molar-refractivity contribution in [1.82, 2.24) is 5.32 Å². The van der Waals surface area contributed by atoms with Crippen LogP contribution in [0.1, 0.15) is 63.5 Å². The number of nitriles is 1. The fourth-order valence-corrected chi connectivity index (χ4v) is 3.63. The highest BCUT2D eigenvalue weighted by Crippen LogP contribution is 2.25. The Balaban J connectivity index is 2.45. The van der Waals surface area contributed by atoms with Crippen molar-refractivity contribution in [3.63, 3.8) is 0 Å². The van der Waals surface area contributed by atoms with Crippen molar-refractivity contribution in [3.8, 4) is 11.8 Å². The Morgan fingerprint density at radius 3 is 2.52 bits per heavy atom. The smallest absolute Gasteiger partial charge is 0.137 e. The second-order valence-corrected chi connectivity index (χ2v) is 8.30. The minimum Gasteiger partial charge on any atom is -0.492 e. The number of allylic oxidation sites excluding steroid dienone is 2. The molecule has 0 atom stereocenters. The van der Waals surface area contributed by atoms with E-state index >= 15 is 0 Å². The van der Waals surface area contributed by atoms with Gasteiger partial charge >= 0.3 is 0 Å². The predicted molar refractivity (Wildman–Crippen MR) is 123 cm³/mol. The number of nitrogens with zero attached hydrogens (tertiary/aromatic N) is 1. The first-order valence-corrected chi connectivity index (χ1v) is 10.8. The molecule has 4 nitrogen and oxygen atoms in total. The normalized spacial score (nSPS) is 11.3. The fourth-order valence-electron chi connectivity index (χ4n) is 3.63. The molecule has 0 spiro atoms. The standard InChI is InChI=1S/C25H39N3O/c1-5-7-10-22(11-8-6-2)19-25(3,4)28-16-9-17-29-24-18-21(14-15-26)12-13-23(24)20-27/h5-6,12-13,18,22,28H,1-2,7-11,14-17,19,26H2,3-4H3. The highest BCUT2D eigenvalue weighted by molar-refractivity contribution is 5.45. The van der Waals surface area contributed by atoms with Gasteiger partial charge in [-0.05, 0) is 95.5 Å². The molecule has 29 heavy (non-hydrogen) atoms. The molecule has 3 N–H and O–H groups in total. The summed E-state index contributed by atoms with van der Waals surface area (Å²) in [6, 6.07) is 7.89. The van der Waals surface area contributed by atoms with Crippen LogP contribution in [-0.4, -0.2) is 25.2 Å². The minimum absolute atomic E-state index is 0.0753. The monoisotopic (exact) mass is 397 g/mol. The topological polar surface area (TPSA) is 71.1 Å². The number of benzene rings is 1. The molecule has 0 radical (unpaired) electrons. The molecule has 160 valence electrons. The van der Waals surface area contributed by atoms with Gasteiger partial charge in [-0.25, -0.2) is 0 Å². The summed E-state index contributed by atoms with van der Waals surface area (Å²) in [5.74, 6) is 1.33. The van der Waals surface area contributed by atoms with Crippen molar-refractivity contribution in [2.75, 3.05) is 19.7 Å². The molecular formula is C25H39N3O. The lowest BCUT2D eigenvalue weighted by molar-refractivity contribution is 0.259. The van der Waals surface area contributed by atoms with Crippen molar-refractivity contribution in [3.05, 3.63) is 54.6 Å². The van der Waals surface area contributed by atoms with Gasteiger partial charge in [0.2, 0.25) is 0 Å². The third-order valence-corrected chi connectivity index (χ3v) is 5.14. The van der Waals surface area contributed by atoms with E-state index in [0.29, 0.717) is 30.4 Å². The molecule has 0 bridgehead atoms. The lowest BCUT2D eigenvalue weighted by Gasteiger charge is -2.31. The van der Waals surface area contributed by atoms with Gasteiger partial charge in [0.15, 0.2) is 0 Å². The summed E-state index contributed by atoms with van der Waals surface area (Å²) in [4.78, 5) is 0. The number of rotatable bonds is 16. The quantitative estimate of drug-likeness (QED) is 0.299. The molecule has 1 aromatic carbocycles. The van der Waals surface area contributed by atoms with Crippen LogP contribution >= 0.6 is 0 Å². The van der Waals surface area contributed by atoms with Crippen LogP contribution in [0, 0.1) is 17.2 Å². The summed E-state index contributed by atoms with van der Waals surface area (Å²) in [5.41, 5.74) is 7.38. The van der Waals surface area contributed by atoms with Gasteiger partial charge < -0.3 is 15.8 Å². The van der Waals surface area contributed by atoms with Gasteiger partial charge in [0.1, 0.15) is 11.8 Å². The van der Waals surface area contributed by atoms with Crippen LogP contribution in [0.25, 0.3) is 0 Å². The first kappa shape index (κ1) is 24.9. The first-order valence-electron chi connectivity index (χ1n) is 10.8. The summed E-state index contributed by atoms with van der Waals surface area (Å²) in [6.07, 6.45) is 11.3. The van der Waals surface area contributed by atoms with Gasteiger partial charge in [0.05, 0.1) is 12.2 Å². The van der Waals surface area contributed by atoms with Crippen molar-refractivity contribution in [1.29, 1.82) is 5.26 Å². The zero-order valence-electron chi connectivity index (χ0n) is 18.4. The van der Waals surface area contributed by atoms with E-state index in [1.165, 1.54) is 12.8 Å². The number of hydrogen-bond acceptors (Lipinski definition) is 4. The Bertz CT molecular complexity index is 649. The zero-order chi connectivity index (χ0) is 21.5. The second kappa shape index (κ2) is 14.0. The Morgan fingerprint density at radius 1 is 1.24 bits per heavy atom. The van der Waals surface area contributed by atoms with E-state index in [-0.39, 0.29) is 5.54 Å². The first-order chi connectivity index (χ1) is 14.0. The number of ether oxygens (including phenoxy) is 1. The van der Waals surface area contributed by atoms with Crippen LogP contribution in [0.4, 0.5) is 0 Å². The average Bonchev–Trinajstić information content (AvgIpc) is 2.70. The molecule has 0 aliphatic rings. The van der Waals surface area contributed by atoms with E-state index in [1.807, 2.05) is 30.4 Å². The van der Waals surface area contributed by atoms with Gasteiger partial charge in [0, 0.05) is 5.54 Å². The maximum Gasteiger partial charge on any atom is 0.137 e. The summed E-state index contributed by atoms with van der Waals surface area (Å²) in [7, 11) is 0. The number of nitrogens with two attached hydrogens (primary N) is 1. The van der Waals surface area contributed by atoms with Crippen molar-refractivity contribution in [2.24, 2.45) is 11.7 Å². The maximum absolute atomic E-state index is 9.28. The van der Waals surface area contributed by atoms with Crippen LogP contribution in [-0.2, 0) is 6.42 Å². The third-order valence-electron chi connectivity index (χ3n) is 5.14. The maximum atomic E-state index is 9.28. The molecule has 0 saturated carbocycles. The Hall–Kier alpha value is -2.09. The van der Waals surface area contributed by atoms with E-state index in [4.69, 9.17) is 10.5 Å². The average molecular weight is 398 g/mol. The van der Waals surface area contributed by atoms with Crippen molar-refractivity contribution >= 4 is 0 Å².